The molecule has 2 aromatic heterocycles. The smallest absolute Gasteiger partial charge is 0.238 e. The van der Waals surface area contributed by atoms with Crippen molar-refractivity contribution in [2.75, 3.05) is 4.90 Å². The minimum Gasteiger partial charge on any atom is -0.310 e. The van der Waals surface area contributed by atoms with Crippen LogP contribution in [0.2, 0.25) is 0 Å². The number of nitrogens with zero attached hydrogens (tertiary/aromatic N) is 5. The third kappa shape index (κ3) is 6.69. The first-order valence-corrected chi connectivity index (χ1v) is 26.9. The summed E-state index contributed by atoms with van der Waals surface area (Å²) in [4.78, 5) is 18.2. The molecule has 0 saturated heterocycles. The minimum atomic E-state index is -0.209. The number of benzene rings is 10. The Kier molecular flexibility index (Phi) is 9.63. The predicted octanol–water partition coefficient (Wildman–Crippen LogP) is 18.4. The van der Waals surface area contributed by atoms with Crippen molar-refractivity contribution in [1.29, 1.82) is 0 Å². The molecule has 0 atom stereocenters. The van der Waals surface area contributed by atoms with Crippen LogP contribution in [0.3, 0.4) is 0 Å². The Balaban J connectivity index is 0.932. The van der Waals surface area contributed by atoms with Crippen LogP contribution in [0.25, 0.3) is 95.0 Å². The first-order chi connectivity index (χ1) is 37.4. The van der Waals surface area contributed by atoms with Crippen molar-refractivity contribution in [2.24, 2.45) is 0 Å². The molecule has 368 valence electrons. The lowest BCUT2D eigenvalue weighted by Gasteiger charge is -2.30. The van der Waals surface area contributed by atoms with Crippen LogP contribution >= 0.6 is 0 Å². The van der Waals surface area contributed by atoms with Gasteiger partial charge in [-0.25, -0.2) is 4.98 Å². The Labute approximate surface area is 449 Å². The normalized spacial score (nSPS) is 14.7. The molecule has 0 amide bonds. The summed E-state index contributed by atoms with van der Waals surface area (Å²) < 4.78 is 2.27. The molecule has 10 aromatic carbocycles. The SMILES string of the molecule is CC1(C)c2ccccc2-c2ccc(N(c3cccc(-c4ccc5c(c4)c4cc6c(cc4n5-c4nc(-c5ccccc5)nc(-c5ccccc5)n4)C(C)(C)c4ccccc4-6)c3)c3ccc4c(c3)C(C)(C)c3ccccc3-4)cc21. The number of hydrogen-bond acceptors (Lipinski definition) is 4. The topological polar surface area (TPSA) is 46.8 Å². The number of aromatic nitrogens is 4. The van der Waals surface area contributed by atoms with E-state index in [-0.39, 0.29) is 16.2 Å². The van der Waals surface area contributed by atoms with Gasteiger partial charge in [-0.1, -0.05) is 205 Å². The fraction of sp³-hybridized carbons (Fsp3) is 0.125. The van der Waals surface area contributed by atoms with Crippen LogP contribution in [0.15, 0.2) is 224 Å². The lowest BCUT2D eigenvalue weighted by Crippen LogP contribution is -2.18. The molecular formula is C72H55N5. The van der Waals surface area contributed by atoms with E-state index in [1.165, 1.54) is 66.8 Å². The minimum absolute atomic E-state index is 0.156. The van der Waals surface area contributed by atoms with E-state index in [0.717, 1.165) is 61.1 Å². The number of rotatable bonds is 7. The van der Waals surface area contributed by atoms with Gasteiger partial charge in [0.25, 0.3) is 0 Å². The van der Waals surface area contributed by atoms with Gasteiger partial charge < -0.3 is 4.90 Å². The van der Waals surface area contributed by atoms with Gasteiger partial charge in [-0.2, -0.15) is 9.97 Å². The fourth-order valence-corrected chi connectivity index (χ4v) is 13.4. The van der Waals surface area contributed by atoms with E-state index >= 15 is 0 Å². The van der Waals surface area contributed by atoms with Gasteiger partial charge in [-0.15, -0.1) is 0 Å². The summed E-state index contributed by atoms with van der Waals surface area (Å²) in [6.45, 7) is 14.2. The maximum atomic E-state index is 5.33. The molecule has 0 fully saturated rings. The molecular weight excluding hydrogens is 935 g/mol. The Hall–Kier alpha value is -9.19. The first-order valence-electron chi connectivity index (χ1n) is 26.9. The highest BCUT2D eigenvalue weighted by molar-refractivity contribution is 6.12. The number of hydrogen-bond donors (Lipinski definition) is 0. The molecule has 77 heavy (non-hydrogen) atoms. The quantitative estimate of drug-likeness (QED) is 0.160. The van der Waals surface area contributed by atoms with E-state index in [0.29, 0.717) is 17.6 Å². The second-order valence-electron chi connectivity index (χ2n) is 22.9. The first kappa shape index (κ1) is 45.2. The largest absolute Gasteiger partial charge is 0.310 e. The summed E-state index contributed by atoms with van der Waals surface area (Å²) in [6, 6.07) is 82.3. The summed E-state index contributed by atoms with van der Waals surface area (Å²) in [5.41, 5.74) is 24.9. The predicted molar refractivity (Wildman–Crippen MR) is 318 cm³/mol. The highest BCUT2D eigenvalue weighted by atomic mass is 15.2. The lowest BCUT2D eigenvalue weighted by molar-refractivity contribution is 0.660. The zero-order chi connectivity index (χ0) is 52.0. The molecule has 0 saturated carbocycles. The molecule has 3 aliphatic carbocycles. The summed E-state index contributed by atoms with van der Waals surface area (Å²) in [5, 5.41) is 2.28. The molecule has 5 nitrogen and oxygen atoms in total. The standard InChI is InChI=1S/C72H55N5/c1-70(2)59-29-16-13-26-51(59)54-35-33-49(40-62(54)70)76(50-34-36-55-52-27-14-17-30-60(52)71(3,4)63(55)41-50)48-25-19-24-46(38-48)47-32-37-65-57(39-47)58-42-56-53-28-15-18-31-61(53)72(5,6)64(56)43-66(58)77(65)69-74-67(44-20-9-7-10-21-44)73-68(75-69)45-22-11-8-12-23-45/h7-43H,1-6H3. The van der Waals surface area contributed by atoms with E-state index in [1.54, 1.807) is 0 Å². The van der Waals surface area contributed by atoms with Crippen LogP contribution in [0.5, 0.6) is 0 Å². The second kappa shape index (κ2) is 16.4. The van der Waals surface area contributed by atoms with Gasteiger partial charge in [0, 0.05) is 55.2 Å². The van der Waals surface area contributed by atoms with Crippen molar-refractivity contribution in [3.63, 3.8) is 0 Å². The maximum Gasteiger partial charge on any atom is 0.238 e. The van der Waals surface area contributed by atoms with E-state index in [9.17, 15) is 0 Å². The molecule has 3 aliphatic rings. The Morgan fingerprint density at radius 3 is 1.27 bits per heavy atom. The lowest BCUT2D eigenvalue weighted by atomic mass is 9.82. The molecule has 0 radical (unpaired) electrons. The zero-order valence-corrected chi connectivity index (χ0v) is 44.1. The molecule has 0 bridgehead atoms. The van der Waals surface area contributed by atoms with Crippen LogP contribution in [0.4, 0.5) is 17.1 Å². The molecule has 5 heteroatoms. The molecule has 2 heterocycles. The van der Waals surface area contributed by atoms with Gasteiger partial charge >= 0.3 is 0 Å². The average Bonchev–Trinajstić information content (AvgIpc) is 4.29. The van der Waals surface area contributed by atoms with Crippen molar-refractivity contribution < 1.29 is 0 Å². The Bertz CT molecular complexity index is 4260. The van der Waals surface area contributed by atoms with Gasteiger partial charge in [0.1, 0.15) is 0 Å². The number of anilines is 3. The zero-order valence-electron chi connectivity index (χ0n) is 44.1. The van der Waals surface area contributed by atoms with Crippen LogP contribution in [0.1, 0.15) is 74.9 Å². The van der Waals surface area contributed by atoms with Crippen LogP contribution in [-0.4, -0.2) is 19.5 Å². The van der Waals surface area contributed by atoms with E-state index in [2.05, 4.69) is 239 Å². The Morgan fingerprint density at radius 1 is 0.299 bits per heavy atom. The molecule has 0 N–H and O–H groups in total. The van der Waals surface area contributed by atoms with Crippen molar-refractivity contribution >= 4 is 38.9 Å². The summed E-state index contributed by atoms with van der Waals surface area (Å²) >= 11 is 0. The fourth-order valence-electron chi connectivity index (χ4n) is 13.4. The average molecular weight is 990 g/mol. The molecule has 0 aliphatic heterocycles. The third-order valence-electron chi connectivity index (χ3n) is 17.4. The van der Waals surface area contributed by atoms with E-state index in [4.69, 9.17) is 15.0 Å². The van der Waals surface area contributed by atoms with Crippen LogP contribution < -0.4 is 4.90 Å². The Morgan fingerprint density at radius 2 is 0.727 bits per heavy atom. The summed E-state index contributed by atoms with van der Waals surface area (Å²) in [7, 11) is 0. The summed E-state index contributed by atoms with van der Waals surface area (Å²) in [6.07, 6.45) is 0. The second-order valence-corrected chi connectivity index (χ2v) is 22.9. The van der Waals surface area contributed by atoms with Crippen LogP contribution in [0, 0.1) is 0 Å². The van der Waals surface area contributed by atoms with Gasteiger partial charge in [-0.05, 0) is 139 Å². The van der Waals surface area contributed by atoms with Crippen molar-refractivity contribution in [1.82, 2.24) is 19.5 Å². The van der Waals surface area contributed by atoms with Gasteiger partial charge in [0.2, 0.25) is 5.95 Å². The highest BCUT2D eigenvalue weighted by Crippen LogP contribution is 2.55. The summed E-state index contributed by atoms with van der Waals surface area (Å²) in [5.74, 6) is 1.84. The monoisotopic (exact) mass is 989 g/mol. The highest BCUT2D eigenvalue weighted by Gasteiger charge is 2.39. The maximum absolute atomic E-state index is 5.33. The van der Waals surface area contributed by atoms with Gasteiger partial charge in [0.05, 0.1) is 11.0 Å². The van der Waals surface area contributed by atoms with Crippen LogP contribution in [-0.2, 0) is 16.2 Å². The van der Waals surface area contributed by atoms with E-state index in [1.807, 2.05) is 36.4 Å². The van der Waals surface area contributed by atoms with E-state index < -0.39 is 0 Å². The number of fused-ring (bicyclic) bond motifs is 12. The van der Waals surface area contributed by atoms with Crippen molar-refractivity contribution in [2.45, 2.75) is 57.8 Å². The van der Waals surface area contributed by atoms with Gasteiger partial charge in [0.15, 0.2) is 11.6 Å². The molecule has 15 rings (SSSR count). The van der Waals surface area contributed by atoms with Crippen molar-refractivity contribution in [3.8, 4) is 73.2 Å². The van der Waals surface area contributed by atoms with Gasteiger partial charge in [-0.3, -0.25) is 4.57 Å². The molecule has 0 unspecified atom stereocenters. The third-order valence-corrected chi connectivity index (χ3v) is 17.4. The molecule has 12 aromatic rings. The molecule has 0 spiro atoms. The van der Waals surface area contributed by atoms with Crippen molar-refractivity contribution in [3.05, 3.63) is 258 Å².